The summed E-state index contributed by atoms with van der Waals surface area (Å²) in [7, 11) is 0. The molecule has 1 unspecified atom stereocenters. The van der Waals surface area contributed by atoms with E-state index in [1.807, 2.05) is 18.2 Å². The quantitative estimate of drug-likeness (QED) is 0.423. The fourth-order valence-electron chi connectivity index (χ4n) is 1.42. The van der Waals surface area contributed by atoms with Crippen molar-refractivity contribution in [2.75, 3.05) is 26.4 Å². The van der Waals surface area contributed by atoms with Crippen LogP contribution in [0.4, 0.5) is 0 Å². The molecule has 1 rings (SSSR count). The van der Waals surface area contributed by atoms with Crippen LogP contribution < -0.4 is 5.32 Å². The van der Waals surface area contributed by atoms with Crippen molar-refractivity contribution < 1.29 is 20.4 Å². The Morgan fingerprint density at radius 1 is 1.00 bits per heavy atom. The van der Waals surface area contributed by atoms with Gasteiger partial charge in [-0.25, -0.2) is 0 Å². The first-order chi connectivity index (χ1) is 8.17. The first kappa shape index (κ1) is 14.1. The molecule has 0 aliphatic heterocycles. The number of rotatable bonds is 7. The Morgan fingerprint density at radius 2 is 1.53 bits per heavy atom. The van der Waals surface area contributed by atoms with Crippen LogP contribution in [-0.4, -0.2) is 52.3 Å². The number of benzene rings is 1. The van der Waals surface area contributed by atoms with Crippen molar-refractivity contribution in [3.8, 4) is 0 Å². The van der Waals surface area contributed by atoms with E-state index in [-0.39, 0.29) is 6.54 Å². The molecule has 17 heavy (non-hydrogen) atoms. The summed E-state index contributed by atoms with van der Waals surface area (Å²) in [6.45, 7) is -1.06. The van der Waals surface area contributed by atoms with Crippen LogP contribution >= 0.6 is 0 Å². The fraction of sp³-hybridized carbons (Fsp3) is 0.500. The number of β-amino-alcohol motifs (C(OH)–C–C–N with tert-alkyl or cyclic N) is 1. The van der Waals surface area contributed by atoms with Crippen LogP contribution in [0.1, 0.15) is 11.7 Å². The molecule has 96 valence electrons. The van der Waals surface area contributed by atoms with Crippen molar-refractivity contribution in [2.24, 2.45) is 0 Å². The average molecular weight is 241 g/mol. The summed E-state index contributed by atoms with van der Waals surface area (Å²) in [5, 5.41) is 39.9. The molecule has 0 fully saturated rings. The molecule has 0 bridgehead atoms. The number of aliphatic hydroxyl groups excluding tert-OH is 4. The fourth-order valence-corrected chi connectivity index (χ4v) is 1.42. The average Bonchev–Trinajstić information content (AvgIpc) is 2.41. The van der Waals surface area contributed by atoms with E-state index in [1.54, 1.807) is 12.1 Å². The van der Waals surface area contributed by atoms with Crippen molar-refractivity contribution in [3.63, 3.8) is 0 Å². The molecule has 0 saturated carbocycles. The third-order valence-electron chi connectivity index (χ3n) is 2.76. The largest absolute Gasteiger partial charge is 0.394 e. The van der Waals surface area contributed by atoms with Gasteiger partial charge < -0.3 is 25.7 Å². The molecule has 0 aliphatic carbocycles. The summed E-state index contributed by atoms with van der Waals surface area (Å²) in [6.07, 6.45) is -0.750. The lowest BCUT2D eigenvalue weighted by Gasteiger charge is -2.30. The van der Waals surface area contributed by atoms with Gasteiger partial charge in [-0.15, -0.1) is 0 Å². The van der Waals surface area contributed by atoms with Gasteiger partial charge >= 0.3 is 0 Å². The lowest BCUT2D eigenvalue weighted by atomic mass is 10.0. The highest BCUT2D eigenvalue weighted by molar-refractivity contribution is 5.17. The van der Waals surface area contributed by atoms with Crippen LogP contribution in [0.25, 0.3) is 0 Å². The zero-order valence-electron chi connectivity index (χ0n) is 9.58. The summed E-state index contributed by atoms with van der Waals surface area (Å²) < 4.78 is 0. The lowest BCUT2D eigenvalue weighted by Crippen LogP contribution is -2.55. The van der Waals surface area contributed by atoms with Gasteiger partial charge in [0.25, 0.3) is 0 Å². The molecule has 5 heteroatoms. The second-order valence-corrected chi connectivity index (χ2v) is 4.06. The third-order valence-corrected chi connectivity index (χ3v) is 2.76. The summed E-state index contributed by atoms with van der Waals surface area (Å²) >= 11 is 0. The molecule has 5 nitrogen and oxygen atoms in total. The molecule has 0 spiro atoms. The Bertz CT molecular complexity index is 305. The smallest absolute Gasteiger partial charge is 0.0914 e. The Labute approximate surface area is 100 Å². The number of hydrogen-bond acceptors (Lipinski definition) is 5. The monoisotopic (exact) mass is 241 g/mol. The summed E-state index contributed by atoms with van der Waals surface area (Å²) in [5.41, 5.74) is -0.418. The highest BCUT2D eigenvalue weighted by atomic mass is 16.3. The predicted molar refractivity (Wildman–Crippen MR) is 63.4 cm³/mol. The van der Waals surface area contributed by atoms with E-state index in [0.29, 0.717) is 0 Å². The van der Waals surface area contributed by atoms with Crippen LogP contribution in [0.2, 0.25) is 0 Å². The topological polar surface area (TPSA) is 93.0 Å². The molecule has 0 radical (unpaired) electrons. The standard InChI is InChI=1S/C12H19NO4/c14-7-12(8-15,9-16)13-6-11(17)10-4-2-1-3-5-10/h1-5,11,13-17H,6-9H2. The minimum atomic E-state index is -1.16. The van der Waals surface area contributed by atoms with Gasteiger partial charge in [-0.3, -0.25) is 0 Å². The molecule has 0 aliphatic rings. The van der Waals surface area contributed by atoms with Crippen LogP contribution in [0, 0.1) is 0 Å². The van der Waals surface area contributed by atoms with E-state index in [4.69, 9.17) is 15.3 Å². The van der Waals surface area contributed by atoms with Gasteiger partial charge in [0.2, 0.25) is 0 Å². The SMILES string of the molecule is OCC(CO)(CO)NCC(O)c1ccccc1. The normalized spacial score (nSPS) is 13.6. The van der Waals surface area contributed by atoms with Crippen molar-refractivity contribution in [2.45, 2.75) is 11.6 Å². The molecular weight excluding hydrogens is 222 g/mol. The van der Waals surface area contributed by atoms with Crippen LogP contribution in [0.15, 0.2) is 30.3 Å². The first-order valence-corrected chi connectivity index (χ1v) is 5.48. The zero-order valence-corrected chi connectivity index (χ0v) is 9.58. The number of aliphatic hydroxyl groups is 4. The molecule has 1 aromatic carbocycles. The summed E-state index contributed by atoms with van der Waals surface area (Å²) in [4.78, 5) is 0. The van der Waals surface area contributed by atoms with E-state index in [0.717, 1.165) is 5.56 Å². The Kier molecular flexibility index (Phi) is 5.54. The van der Waals surface area contributed by atoms with Gasteiger partial charge in [-0.2, -0.15) is 0 Å². The van der Waals surface area contributed by atoms with Crippen LogP contribution in [0.3, 0.4) is 0 Å². The Balaban J connectivity index is 2.55. The molecule has 5 N–H and O–H groups in total. The van der Waals surface area contributed by atoms with Crippen LogP contribution in [0.5, 0.6) is 0 Å². The van der Waals surface area contributed by atoms with Gasteiger partial charge in [0.05, 0.1) is 31.5 Å². The van der Waals surface area contributed by atoms with E-state index in [9.17, 15) is 5.11 Å². The molecule has 0 saturated heterocycles. The van der Waals surface area contributed by atoms with E-state index >= 15 is 0 Å². The highest BCUT2D eigenvalue weighted by Crippen LogP contribution is 2.12. The highest BCUT2D eigenvalue weighted by Gasteiger charge is 2.28. The maximum absolute atomic E-state index is 9.86. The first-order valence-electron chi connectivity index (χ1n) is 5.48. The van der Waals surface area contributed by atoms with Crippen LogP contribution in [-0.2, 0) is 0 Å². The van der Waals surface area contributed by atoms with Gasteiger partial charge in [0, 0.05) is 6.54 Å². The Morgan fingerprint density at radius 3 is 2.00 bits per heavy atom. The summed E-state index contributed by atoms with van der Waals surface area (Å²) in [6, 6.07) is 9.05. The maximum Gasteiger partial charge on any atom is 0.0914 e. The second kappa shape index (κ2) is 6.68. The molecule has 0 heterocycles. The second-order valence-electron chi connectivity index (χ2n) is 4.06. The van der Waals surface area contributed by atoms with E-state index in [2.05, 4.69) is 5.32 Å². The van der Waals surface area contributed by atoms with Gasteiger partial charge in [0.1, 0.15) is 0 Å². The van der Waals surface area contributed by atoms with Gasteiger partial charge in [0.15, 0.2) is 0 Å². The lowest BCUT2D eigenvalue weighted by molar-refractivity contribution is 0.0322. The maximum atomic E-state index is 9.86. The minimum Gasteiger partial charge on any atom is -0.394 e. The van der Waals surface area contributed by atoms with Crippen molar-refractivity contribution >= 4 is 0 Å². The molecular formula is C12H19NO4. The summed E-state index contributed by atoms with van der Waals surface area (Å²) in [5.74, 6) is 0. The molecule has 0 amide bonds. The predicted octanol–water partition coefficient (Wildman–Crippen LogP) is -0.975. The number of hydrogen-bond donors (Lipinski definition) is 5. The van der Waals surface area contributed by atoms with Crippen molar-refractivity contribution in [1.82, 2.24) is 5.32 Å². The van der Waals surface area contributed by atoms with Crippen molar-refractivity contribution in [3.05, 3.63) is 35.9 Å². The Hall–Kier alpha value is -0.980. The minimum absolute atomic E-state index is 0.145. The van der Waals surface area contributed by atoms with Gasteiger partial charge in [-0.1, -0.05) is 30.3 Å². The van der Waals surface area contributed by atoms with Crippen molar-refractivity contribution in [1.29, 1.82) is 0 Å². The van der Waals surface area contributed by atoms with Gasteiger partial charge in [-0.05, 0) is 5.56 Å². The molecule has 0 aromatic heterocycles. The number of nitrogens with one attached hydrogen (secondary N) is 1. The zero-order chi connectivity index (χ0) is 12.7. The third kappa shape index (κ3) is 3.76. The molecule has 1 aromatic rings. The molecule has 1 atom stereocenters. The van der Waals surface area contributed by atoms with E-state index < -0.39 is 31.5 Å². The van der Waals surface area contributed by atoms with E-state index in [1.165, 1.54) is 0 Å².